The normalized spacial score (nSPS) is 11.3. The van der Waals surface area contributed by atoms with E-state index in [2.05, 4.69) is 25.6 Å². The Labute approximate surface area is 121 Å². The van der Waals surface area contributed by atoms with Crippen LogP contribution in [0.15, 0.2) is 45.9 Å². The summed E-state index contributed by atoms with van der Waals surface area (Å²) < 4.78 is 27.8. The van der Waals surface area contributed by atoms with E-state index in [1.165, 1.54) is 0 Å². The summed E-state index contributed by atoms with van der Waals surface area (Å²) in [5, 5.41) is 0. The molecule has 0 saturated carbocycles. The molecule has 0 aliphatic rings. The van der Waals surface area contributed by atoms with Crippen molar-refractivity contribution in [1.29, 1.82) is 0 Å². The van der Waals surface area contributed by atoms with Crippen LogP contribution < -0.4 is 4.72 Å². The van der Waals surface area contributed by atoms with Crippen LogP contribution in [-0.4, -0.2) is 13.4 Å². The first-order valence-corrected chi connectivity index (χ1v) is 7.89. The predicted octanol–water partition coefficient (Wildman–Crippen LogP) is 3.26. The van der Waals surface area contributed by atoms with Gasteiger partial charge in [0.2, 0.25) is 0 Å². The Hall–Kier alpha value is -1.40. The number of hydrogen-bond acceptors (Lipinski definition) is 3. The molecular weight excluding hydrogens is 328 g/mol. The Bertz CT molecular complexity index is 714. The Morgan fingerprint density at radius 2 is 1.79 bits per heavy atom. The molecule has 0 spiro atoms. The molecule has 2 rings (SSSR count). The maximum absolute atomic E-state index is 12.3. The van der Waals surface area contributed by atoms with Gasteiger partial charge in [0.1, 0.15) is 4.60 Å². The van der Waals surface area contributed by atoms with Gasteiger partial charge in [0.15, 0.2) is 0 Å². The molecule has 0 radical (unpaired) electrons. The summed E-state index contributed by atoms with van der Waals surface area (Å²) >= 11 is 3.24. The first-order valence-electron chi connectivity index (χ1n) is 5.62. The van der Waals surface area contributed by atoms with Gasteiger partial charge < -0.3 is 0 Å². The molecule has 1 aromatic heterocycles. The fourth-order valence-corrected chi connectivity index (χ4v) is 3.46. The van der Waals surface area contributed by atoms with Crippen molar-refractivity contribution in [2.75, 3.05) is 4.72 Å². The van der Waals surface area contributed by atoms with Crippen molar-refractivity contribution in [2.45, 2.75) is 18.7 Å². The number of halogens is 1. The summed E-state index contributed by atoms with van der Waals surface area (Å²) in [5.41, 5.74) is 1.80. The van der Waals surface area contributed by atoms with E-state index in [0.29, 0.717) is 21.5 Å². The van der Waals surface area contributed by atoms with Gasteiger partial charge in [-0.05, 0) is 53.5 Å². The smallest absolute Gasteiger partial charge is 0.262 e. The highest BCUT2D eigenvalue weighted by atomic mass is 79.9. The minimum atomic E-state index is -3.58. The van der Waals surface area contributed by atoms with E-state index >= 15 is 0 Å². The molecule has 19 heavy (non-hydrogen) atoms. The fourth-order valence-electron chi connectivity index (χ4n) is 1.70. The maximum atomic E-state index is 12.3. The van der Waals surface area contributed by atoms with E-state index in [1.54, 1.807) is 50.2 Å². The lowest BCUT2D eigenvalue weighted by atomic mass is 10.2. The topological polar surface area (TPSA) is 59.1 Å². The average Bonchev–Trinajstić information content (AvgIpc) is 2.33. The van der Waals surface area contributed by atoms with Crippen LogP contribution in [0.1, 0.15) is 11.3 Å². The molecule has 0 amide bonds. The van der Waals surface area contributed by atoms with Gasteiger partial charge >= 0.3 is 0 Å². The molecule has 1 heterocycles. The standard InChI is InChI=1S/C13H13BrN2O2S/c1-9-5-3-4-6-12(9)19(17,18)16-11-7-8-13(14)15-10(11)2/h3-8,16H,1-2H3. The Morgan fingerprint density at radius 3 is 2.42 bits per heavy atom. The van der Waals surface area contributed by atoms with Crippen molar-refractivity contribution in [3.05, 3.63) is 52.3 Å². The number of benzene rings is 1. The number of pyridine rings is 1. The van der Waals surface area contributed by atoms with Crippen LogP contribution in [0.5, 0.6) is 0 Å². The average molecular weight is 341 g/mol. The minimum Gasteiger partial charge on any atom is -0.278 e. The number of sulfonamides is 1. The minimum absolute atomic E-state index is 0.275. The first-order chi connectivity index (χ1) is 8.90. The SMILES string of the molecule is Cc1ccccc1S(=O)(=O)Nc1ccc(Br)nc1C. The van der Waals surface area contributed by atoms with Crippen LogP contribution in [0, 0.1) is 13.8 Å². The number of hydrogen-bond donors (Lipinski definition) is 1. The molecule has 0 unspecified atom stereocenters. The molecule has 0 fully saturated rings. The van der Waals surface area contributed by atoms with E-state index in [9.17, 15) is 8.42 Å². The third-order valence-corrected chi connectivity index (χ3v) is 4.65. The van der Waals surface area contributed by atoms with Crippen molar-refractivity contribution >= 4 is 31.6 Å². The summed E-state index contributed by atoms with van der Waals surface area (Å²) in [4.78, 5) is 4.44. The fraction of sp³-hybridized carbons (Fsp3) is 0.154. The third kappa shape index (κ3) is 3.13. The largest absolute Gasteiger partial charge is 0.278 e. The number of nitrogens with one attached hydrogen (secondary N) is 1. The van der Waals surface area contributed by atoms with E-state index in [-0.39, 0.29) is 4.90 Å². The van der Waals surface area contributed by atoms with Crippen molar-refractivity contribution in [3.8, 4) is 0 Å². The summed E-state index contributed by atoms with van der Waals surface area (Å²) in [7, 11) is -3.58. The molecule has 4 nitrogen and oxygen atoms in total. The van der Waals surface area contributed by atoms with Crippen LogP contribution in [-0.2, 0) is 10.0 Å². The van der Waals surface area contributed by atoms with Gasteiger partial charge in [0, 0.05) is 0 Å². The highest BCUT2D eigenvalue weighted by Gasteiger charge is 2.17. The van der Waals surface area contributed by atoms with Gasteiger partial charge in [-0.15, -0.1) is 0 Å². The second-order valence-electron chi connectivity index (χ2n) is 4.14. The van der Waals surface area contributed by atoms with Crippen LogP contribution in [0.2, 0.25) is 0 Å². The Morgan fingerprint density at radius 1 is 1.11 bits per heavy atom. The number of rotatable bonds is 3. The highest BCUT2D eigenvalue weighted by Crippen LogP contribution is 2.22. The van der Waals surface area contributed by atoms with Crippen molar-refractivity contribution in [1.82, 2.24) is 4.98 Å². The Kier molecular flexibility index (Phi) is 3.91. The molecule has 0 aliphatic heterocycles. The van der Waals surface area contributed by atoms with Gasteiger partial charge in [0.25, 0.3) is 10.0 Å². The van der Waals surface area contributed by atoms with Gasteiger partial charge in [-0.3, -0.25) is 4.72 Å². The number of aromatic nitrogens is 1. The molecule has 2 aromatic rings. The second kappa shape index (κ2) is 5.30. The zero-order chi connectivity index (χ0) is 14.0. The van der Waals surface area contributed by atoms with Crippen LogP contribution >= 0.6 is 15.9 Å². The monoisotopic (exact) mass is 340 g/mol. The summed E-state index contributed by atoms with van der Waals surface area (Å²) in [6, 6.07) is 10.2. The van der Waals surface area contributed by atoms with Gasteiger partial charge in [-0.1, -0.05) is 18.2 Å². The summed E-state index contributed by atoms with van der Waals surface area (Å²) in [5.74, 6) is 0. The number of aryl methyl sites for hydroxylation is 2. The van der Waals surface area contributed by atoms with E-state index in [1.807, 2.05) is 0 Å². The van der Waals surface area contributed by atoms with Crippen LogP contribution in [0.4, 0.5) is 5.69 Å². The molecule has 1 N–H and O–H groups in total. The Balaban J connectivity index is 2.40. The highest BCUT2D eigenvalue weighted by molar-refractivity contribution is 9.10. The zero-order valence-electron chi connectivity index (χ0n) is 10.5. The molecule has 0 atom stereocenters. The van der Waals surface area contributed by atoms with Crippen molar-refractivity contribution in [3.63, 3.8) is 0 Å². The molecule has 0 bridgehead atoms. The van der Waals surface area contributed by atoms with Gasteiger partial charge in [-0.25, -0.2) is 13.4 Å². The molecular formula is C13H13BrN2O2S. The predicted molar refractivity (Wildman–Crippen MR) is 78.7 cm³/mol. The third-order valence-electron chi connectivity index (χ3n) is 2.68. The van der Waals surface area contributed by atoms with Crippen molar-refractivity contribution in [2.24, 2.45) is 0 Å². The van der Waals surface area contributed by atoms with E-state index in [4.69, 9.17) is 0 Å². The molecule has 0 saturated heterocycles. The summed E-state index contributed by atoms with van der Waals surface area (Å²) in [6.07, 6.45) is 0. The lowest BCUT2D eigenvalue weighted by Crippen LogP contribution is -2.15. The lowest BCUT2D eigenvalue weighted by Gasteiger charge is -2.11. The zero-order valence-corrected chi connectivity index (χ0v) is 12.9. The van der Waals surface area contributed by atoms with Gasteiger partial charge in [0.05, 0.1) is 16.3 Å². The van der Waals surface area contributed by atoms with Crippen LogP contribution in [0.25, 0.3) is 0 Å². The van der Waals surface area contributed by atoms with E-state index < -0.39 is 10.0 Å². The quantitative estimate of drug-likeness (QED) is 0.872. The molecule has 0 aliphatic carbocycles. The first kappa shape index (κ1) is 14.0. The maximum Gasteiger partial charge on any atom is 0.262 e. The number of anilines is 1. The summed E-state index contributed by atoms with van der Waals surface area (Å²) in [6.45, 7) is 3.52. The lowest BCUT2D eigenvalue weighted by molar-refractivity contribution is 0.600. The van der Waals surface area contributed by atoms with Gasteiger partial charge in [-0.2, -0.15) is 0 Å². The number of nitrogens with zero attached hydrogens (tertiary/aromatic N) is 1. The molecule has 1 aromatic carbocycles. The second-order valence-corrected chi connectivity index (χ2v) is 6.60. The molecule has 6 heteroatoms. The van der Waals surface area contributed by atoms with Crippen molar-refractivity contribution < 1.29 is 8.42 Å². The van der Waals surface area contributed by atoms with E-state index in [0.717, 1.165) is 0 Å². The van der Waals surface area contributed by atoms with Crippen LogP contribution in [0.3, 0.4) is 0 Å². The molecule has 100 valence electrons.